The Kier molecular flexibility index (Phi) is 4.30. The predicted octanol–water partition coefficient (Wildman–Crippen LogP) is 0.749. The Balaban J connectivity index is 0.000000245. The third kappa shape index (κ3) is 3.07. The van der Waals surface area contributed by atoms with Gasteiger partial charge < -0.3 is 15.8 Å². The van der Waals surface area contributed by atoms with Crippen molar-refractivity contribution in [2.24, 2.45) is 5.73 Å². The molecule has 0 amide bonds. The van der Waals surface area contributed by atoms with Gasteiger partial charge in [-0.2, -0.15) is 5.10 Å². The first-order chi connectivity index (χ1) is 7.31. The summed E-state index contributed by atoms with van der Waals surface area (Å²) in [6.45, 7) is 0.139. The molecule has 4 N–H and O–H groups in total. The number of nitrogens with one attached hydrogen (secondary N) is 2. The molecule has 1 aromatic carbocycles. The Morgan fingerprint density at radius 1 is 1.60 bits per heavy atom. The van der Waals surface area contributed by atoms with Crippen LogP contribution in [0.1, 0.15) is 0 Å². The van der Waals surface area contributed by atoms with E-state index in [0.29, 0.717) is 6.29 Å². The smallest absolute Gasteiger partial charge is 0.133 e. The van der Waals surface area contributed by atoms with Crippen LogP contribution in [0, 0.1) is 0 Å². The minimum Gasteiger partial charge on any atom is -0.388 e. The van der Waals surface area contributed by atoms with Crippen molar-refractivity contribution in [1.29, 1.82) is 0 Å². The fraction of sp³-hybridized carbons (Fsp3) is 0.200. The van der Waals surface area contributed by atoms with Gasteiger partial charge in [0.15, 0.2) is 0 Å². The molecule has 0 unspecified atom stereocenters. The van der Waals surface area contributed by atoms with Crippen LogP contribution in [-0.2, 0) is 4.79 Å². The number of rotatable bonds is 2. The average molecular weight is 206 g/mol. The van der Waals surface area contributed by atoms with Gasteiger partial charge in [0.2, 0.25) is 0 Å². The maximum Gasteiger partial charge on any atom is 0.133 e. The van der Waals surface area contributed by atoms with E-state index >= 15 is 0 Å². The number of nitrogens with two attached hydrogens (primary N) is 1. The second-order valence-corrected chi connectivity index (χ2v) is 2.82. The Morgan fingerprint density at radius 3 is 2.93 bits per heavy atom. The van der Waals surface area contributed by atoms with Crippen LogP contribution >= 0.6 is 0 Å². The van der Waals surface area contributed by atoms with Crippen LogP contribution in [0.5, 0.6) is 0 Å². The molecule has 15 heavy (non-hydrogen) atoms. The highest BCUT2D eigenvalue weighted by molar-refractivity contribution is 5.81. The Labute approximate surface area is 87.7 Å². The molecule has 2 aromatic rings. The third-order valence-electron chi connectivity index (χ3n) is 1.83. The summed E-state index contributed by atoms with van der Waals surface area (Å²) < 4.78 is 0. The highest BCUT2D eigenvalue weighted by Crippen LogP contribution is 2.15. The molecule has 1 aromatic heterocycles. The first kappa shape index (κ1) is 11.2. The Morgan fingerprint density at radius 2 is 2.33 bits per heavy atom. The van der Waals surface area contributed by atoms with Gasteiger partial charge in [-0.15, -0.1) is 0 Å². The van der Waals surface area contributed by atoms with Gasteiger partial charge in [0.25, 0.3) is 0 Å². The quantitative estimate of drug-likeness (QED) is 0.633. The molecule has 80 valence electrons. The first-order valence-electron chi connectivity index (χ1n) is 4.56. The van der Waals surface area contributed by atoms with Gasteiger partial charge in [0, 0.05) is 24.7 Å². The molecule has 0 radical (unpaired) electrons. The summed E-state index contributed by atoms with van der Waals surface area (Å²) in [7, 11) is 1.90. The van der Waals surface area contributed by atoms with E-state index in [1.807, 2.05) is 31.4 Å². The maximum absolute atomic E-state index is 9.05. The van der Waals surface area contributed by atoms with Crippen molar-refractivity contribution in [3.05, 3.63) is 24.4 Å². The number of H-pyrrole nitrogens is 1. The minimum absolute atomic E-state index is 0.139. The first-order valence-corrected chi connectivity index (χ1v) is 4.56. The van der Waals surface area contributed by atoms with Crippen molar-refractivity contribution in [2.45, 2.75) is 0 Å². The van der Waals surface area contributed by atoms with E-state index < -0.39 is 0 Å². The van der Waals surface area contributed by atoms with Crippen LogP contribution in [0.4, 0.5) is 5.69 Å². The standard InChI is InChI=1S/C8H9N3.C2H5NO/c1-9-7-3-2-6-5-10-11-8(6)4-7;3-1-2-4/h2-5,9H,1H3,(H,10,11);2H,1,3H2. The van der Waals surface area contributed by atoms with Crippen molar-refractivity contribution >= 4 is 22.9 Å². The number of benzene rings is 1. The van der Waals surface area contributed by atoms with Gasteiger partial charge >= 0.3 is 0 Å². The van der Waals surface area contributed by atoms with E-state index in [-0.39, 0.29) is 6.54 Å². The lowest BCUT2D eigenvalue weighted by Crippen LogP contribution is -1.97. The lowest BCUT2D eigenvalue weighted by Gasteiger charge is -1.97. The third-order valence-corrected chi connectivity index (χ3v) is 1.83. The summed E-state index contributed by atoms with van der Waals surface area (Å²) in [4.78, 5) is 9.05. The molecule has 0 aliphatic rings. The molecule has 0 aliphatic carbocycles. The van der Waals surface area contributed by atoms with Crippen LogP contribution in [0.15, 0.2) is 24.4 Å². The van der Waals surface area contributed by atoms with Crippen molar-refractivity contribution in [3.8, 4) is 0 Å². The molecular weight excluding hydrogens is 192 g/mol. The molecule has 2 rings (SSSR count). The second-order valence-electron chi connectivity index (χ2n) is 2.82. The number of aromatic amines is 1. The molecule has 0 saturated heterocycles. The van der Waals surface area contributed by atoms with Crippen molar-refractivity contribution in [1.82, 2.24) is 10.2 Å². The highest BCUT2D eigenvalue weighted by Gasteiger charge is 1.94. The molecule has 0 aliphatic heterocycles. The lowest BCUT2D eigenvalue weighted by atomic mass is 10.2. The molecule has 1 heterocycles. The van der Waals surface area contributed by atoms with Crippen LogP contribution < -0.4 is 11.1 Å². The summed E-state index contributed by atoms with van der Waals surface area (Å²) in [6, 6.07) is 6.09. The summed E-state index contributed by atoms with van der Waals surface area (Å²) in [5.74, 6) is 0. The van der Waals surface area contributed by atoms with E-state index in [0.717, 1.165) is 16.6 Å². The van der Waals surface area contributed by atoms with Crippen LogP contribution in [-0.4, -0.2) is 30.1 Å². The topological polar surface area (TPSA) is 83.8 Å². The predicted molar refractivity (Wildman–Crippen MR) is 60.8 cm³/mol. The summed E-state index contributed by atoms with van der Waals surface area (Å²) in [5, 5.41) is 11.0. The minimum atomic E-state index is 0.139. The molecule has 0 fully saturated rings. The lowest BCUT2D eigenvalue weighted by molar-refractivity contribution is -0.106. The molecule has 5 heteroatoms. The SMILES string of the molecule is CNc1ccc2cn[nH]c2c1.NCC=O. The number of nitrogens with zero attached hydrogens (tertiary/aromatic N) is 1. The average Bonchev–Trinajstić information content (AvgIpc) is 2.76. The molecule has 0 bridgehead atoms. The number of fused-ring (bicyclic) bond motifs is 1. The van der Waals surface area contributed by atoms with E-state index in [2.05, 4.69) is 21.2 Å². The normalized spacial score (nSPS) is 9.20. The molecule has 5 nitrogen and oxygen atoms in total. The van der Waals surface area contributed by atoms with E-state index in [9.17, 15) is 0 Å². The van der Waals surface area contributed by atoms with Crippen LogP contribution in [0.25, 0.3) is 10.9 Å². The van der Waals surface area contributed by atoms with Crippen LogP contribution in [0.2, 0.25) is 0 Å². The number of aromatic nitrogens is 2. The number of carbonyl (C=O) groups is 1. The number of carbonyl (C=O) groups excluding carboxylic acids is 1. The summed E-state index contributed by atoms with van der Waals surface area (Å²) in [6.07, 6.45) is 2.47. The molecule has 0 spiro atoms. The maximum atomic E-state index is 9.05. The molecule has 0 atom stereocenters. The van der Waals surface area contributed by atoms with Gasteiger partial charge in [0.05, 0.1) is 11.7 Å². The van der Waals surface area contributed by atoms with Gasteiger partial charge in [-0.3, -0.25) is 5.10 Å². The highest BCUT2D eigenvalue weighted by atomic mass is 16.1. The number of aldehydes is 1. The van der Waals surface area contributed by atoms with Crippen molar-refractivity contribution in [3.63, 3.8) is 0 Å². The molecular formula is C10H14N4O. The number of hydrogen-bond donors (Lipinski definition) is 3. The second kappa shape index (κ2) is 5.77. The number of anilines is 1. The van der Waals surface area contributed by atoms with Crippen molar-refractivity contribution in [2.75, 3.05) is 18.9 Å². The van der Waals surface area contributed by atoms with Crippen LogP contribution in [0.3, 0.4) is 0 Å². The summed E-state index contributed by atoms with van der Waals surface area (Å²) >= 11 is 0. The van der Waals surface area contributed by atoms with E-state index in [1.54, 1.807) is 0 Å². The Bertz CT molecular complexity index is 424. The number of hydrogen-bond acceptors (Lipinski definition) is 4. The van der Waals surface area contributed by atoms with Gasteiger partial charge in [-0.25, -0.2) is 0 Å². The van der Waals surface area contributed by atoms with Gasteiger partial charge in [-0.1, -0.05) is 0 Å². The van der Waals surface area contributed by atoms with Gasteiger partial charge in [-0.05, 0) is 18.2 Å². The molecule has 0 saturated carbocycles. The fourth-order valence-corrected chi connectivity index (χ4v) is 1.09. The summed E-state index contributed by atoms with van der Waals surface area (Å²) in [5.41, 5.74) is 6.83. The zero-order valence-electron chi connectivity index (χ0n) is 8.53. The van der Waals surface area contributed by atoms with Crippen molar-refractivity contribution < 1.29 is 4.79 Å². The largest absolute Gasteiger partial charge is 0.388 e. The zero-order chi connectivity index (χ0) is 11.1. The Hall–Kier alpha value is -1.88. The zero-order valence-corrected chi connectivity index (χ0v) is 8.53. The fourth-order valence-electron chi connectivity index (χ4n) is 1.09. The van der Waals surface area contributed by atoms with E-state index in [4.69, 9.17) is 4.79 Å². The van der Waals surface area contributed by atoms with Gasteiger partial charge in [0.1, 0.15) is 6.29 Å². The van der Waals surface area contributed by atoms with E-state index in [1.165, 1.54) is 0 Å². The monoisotopic (exact) mass is 206 g/mol.